The predicted octanol–water partition coefficient (Wildman–Crippen LogP) is 3.91. The van der Waals surface area contributed by atoms with Crippen molar-refractivity contribution in [3.8, 4) is 17.2 Å². The summed E-state index contributed by atoms with van der Waals surface area (Å²) in [5, 5.41) is 7.64. The molecule has 3 aromatic rings. The van der Waals surface area contributed by atoms with E-state index in [1.54, 1.807) is 32.1 Å². The van der Waals surface area contributed by atoms with Crippen LogP contribution in [0.25, 0.3) is 5.70 Å². The smallest absolute Gasteiger partial charge is 0.378 e. The fraction of sp³-hybridized carbons (Fsp3) is 0.227. The lowest BCUT2D eigenvalue weighted by atomic mass is 10.00. The van der Waals surface area contributed by atoms with Gasteiger partial charge in [-0.2, -0.15) is 4.98 Å². The molecule has 166 valence electrons. The van der Waals surface area contributed by atoms with Gasteiger partial charge in [0.1, 0.15) is 6.04 Å². The second-order valence-electron chi connectivity index (χ2n) is 6.78. The maximum absolute atomic E-state index is 12.1. The Labute approximate surface area is 193 Å². The summed E-state index contributed by atoms with van der Waals surface area (Å²) in [6, 6.07) is 11.0. The molecule has 10 heteroatoms. The summed E-state index contributed by atoms with van der Waals surface area (Å²) in [4.78, 5) is 16.4. The van der Waals surface area contributed by atoms with Crippen LogP contribution in [0, 0.1) is 0 Å². The Hall–Kier alpha value is -3.53. The molecule has 1 aromatic heterocycles. The number of ether oxygens (including phenoxy) is 4. The number of halogens is 1. The number of carbonyl (C=O) groups is 1. The number of aromatic nitrogens is 3. The molecule has 9 nitrogen and oxygen atoms in total. The van der Waals surface area contributed by atoms with Crippen molar-refractivity contribution in [1.82, 2.24) is 14.8 Å². The Morgan fingerprint density at radius 3 is 2.50 bits per heavy atom. The second-order valence-corrected chi connectivity index (χ2v) is 7.69. The van der Waals surface area contributed by atoms with E-state index in [1.807, 2.05) is 36.4 Å². The number of rotatable bonds is 6. The molecule has 0 fully saturated rings. The van der Waals surface area contributed by atoms with E-state index < -0.39 is 12.0 Å². The molecule has 2 heterocycles. The molecule has 0 saturated carbocycles. The maximum atomic E-state index is 12.1. The average Bonchev–Trinajstić information content (AvgIpc) is 3.26. The van der Waals surface area contributed by atoms with Crippen LogP contribution >= 0.6 is 15.9 Å². The molecule has 2 aromatic carbocycles. The number of hydrogen-bond acceptors (Lipinski definition) is 8. The number of nitrogens with one attached hydrogen (secondary N) is 1. The highest BCUT2D eigenvalue weighted by molar-refractivity contribution is 9.10. The largest absolute Gasteiger partial charge is 0.493 e. The molecule has 0 radical (unpaired) electrons. The highest BCUT2D eigenvalue weighted by atomic mass is 79.9. The van der Waals surface area contributed by atoms with Crippen LogP contribution in [0.2, 0.25) is 0 Å². The zero-order valence-electron chi connectivity index (χ0n) is 17.9. The Balaban J connectivity index is 1.92. The zero-order valence-corrected chi connectivity index (χ0v) is 19.5. The monoisotopic (exact) mass is 500 g/mol. The molecule has 1 unspecified atom stereocenters. The Morgan fingerprint density at radius 1 is 1.06 bits per heavy atom. The summed E-state index contributed by atoms with van der Waals surface area (Å²) in [5.74, 6) is 1.19. The summed E-state index contributed by atoms with van der Waals surface area (Å²) in [6.45, 7) is 0. The van der Waals surface area contributed by atoms with E-state index in [0.717, 1.165) is 21.3 Å². The minimum absolute atomic E-state index is 0.0525. The van der Waals surface area contributed by atoms with Crippen molar-refractivity contribution >= 4 is 33.5 Å². The zero-order chi connectivity index (χ0) is 22.8. The van der Waals surface area contributed by atoms with Gasteiger partial charge in [0.15, 0.2) is 11.5 Å². The average molecular weight is 501 g/mol. The van der Waals surface area contributed by atoms with Crippen LogP contribution < -0.4 is 19.5 Å². The van der Waals surface area contributed by atoms with Crippen LogP contribution in [0.5, 0.6) is 17.2 Å². The van der Waals surface area contributed by atoms with Gasteiger partial charge in [-0.15, -0.1) is 5.10 Å². The highest BCUT2D eigenvalue weighted by Gasteiger charge is 2.31. The summed E-state index contributed by atoms with van der Waals surface area (Å²) in [6.07, 6.45) is 1.98. The van der Waals surface area contributed by atoms with Crippen LogP contribution in [-0.2, 0) is 4.74 Å². The van der Waals surface area contributed by atoms with E-state index in [9.17, 15) is 4.79 Å². The van der Waals surface area contributed by atoms with Gasteiger partial charge in [-0.3, -0.25) is 0 Å². The molecule has 0 bridgehead atoms. The van der Waals surface area contributed by atoms with Gasteiger partial charge in [0.05, 0.1) is 28.4 Å². The van der Waals surface area contributed by atoms with Crippen molar-refractivity contribution < 1.29 is 23.7 Å². The van der Waals surface area contributed by atoms with Crippen LogP contribution in [0.15, 0.2) is 46.9 Å². The number of carbonyl (C=O) groups excluding carboxylic acids is 1. The lowest BCUT2D eigenvalue weighted by Gasteiger charge is -2.26. The minimum Gasteiger partial charge on any atom is -0.493 e. The van der Waals surface area contributed by atoms with E-state index in [4.69, 9.17) is 18.9 Å². The van der Waals surface area contributed by atoms with Crippen molar-refractivity contribution in [3.63, 3.8) is 0 Å². The van der Waals surface area contributed by atoms with Crippen LogP contribution in [0.1, 0.15) is 27.8 Å². The number of fused-ring (bicyclic) bond motifs is 1. The molecular formula is C22H21BrN4O5. The van der Waals surface area contributed by atoms with E-state index in [-0.39, 0.29) is 5.82 Å². The van der Waals surface area contributed by atoms with E-state index >= 15 is 0 Å². The van der Waals surface area contributed by atoms with Gasteiger partial charge in [-0.05, 0) is 35.9 Å². The standard InChI is InChI=1S/C22H21BrN4O5/c1-29-17-9-8-14(18(30-2)19(17)31-3)16-11-15(12-6-5-7-13(23)10-12)24-22-25-20(21(28)32-4)26-27(16)22/h5-11,16H,1-4H3,(H,24,25,26). The van der Waals surface area contributed by atoms with E-state index in [0.29, 0.717) is 23.2 Å². The molecule has 1 aliphatic rings. The molecule has 0 amide bonds. The first-order chi connectivity index (χ1) is 15.5. The predicted molar refractivity (Wildman–Crippen MR) is 121 cm³/mol. The fourth-order valence-corrected chi connectivity index (χ4v) is 3.97. The van der Waals surface area contributed by atoms with E-state index in [2.05, 4.69) is 31.3 Å². The topological polar surface area (TPSA) is 96.7 Å². The highest BCUT2D eigenvalue weighted by Crippen LogP contribution is 2.45. The minimum atomic E-state index is -0.629. The molecule has 0 saturated heterocycles. The van der Waals surface area contributed by atoms with Crippen molar-refractivity contribution in [2.45, 2.75) is 6.04 Å². The summed E-state index contributed by atoms with van der Waals surface area (Å²) < 4.78 is 24.0. The number of nitrogens with zero attached hydrogens (tertiary/aromatic N) is 3. The number of benzene rings is 2. The van der Waals surface area contributed by atoms with Crippen LogP contribution in [-0.4, -0.2) is 49.2 Å². The van der Waals surface area contributed by atoms with Gasteiger partial charge in [-0.25, -0.2) is 9.48 Å². The Morgan fingerprint density at radius 2 is 1.84 bits per heavy atom. The Kier molecular flexibility index (Phi) is 6.04. The first-order valence-electron chi connectivity index (χ1n) is 9.59. The summed E-state index contributed by atoms with van der Waals surface area (Å²) in [7, 11) is 5.95. The van der Waals surface area contributed by atoms with Gasteiger partial charge in [0, 0.05) is 15.7 Å². The lowest BCUT2D eigenvalue weighted by molar-refractivity contribution is 0.0586. The molecule has 0 spiro atoms. The third-order valence-corrected chi connectivity index (χ3v) is 5.52. The maximum Gasteiger partial charge on any atom is 0.378 e. The van der Waals surface area contributed by atoms with Crippen molar-refractivity contribution in [3.05, 3.63) is 63.9 Å². The number of methoxy groups -OCH3 is 4. The fourth-order valence-electron chi connectivity index (χ4n) is 3.57. The second kappa shape index (κ2) is 8.91. The number of hydrogen-bond donors (Lipinski definition) is 1. The van der Waals surface area contributed by atoms with Gasteiger partial charge in [0.2, 0.25) is 11.7 Å². The summed E-state index contributed by atoms with van der Waals surface area (Å²) in [5.41, 5.74) is 2.48. The van der Waals surface area contributed by atoms with E-state index in [1.165, 1.54) is 7.11 Å². The van der Waals surface area contributed by atoms with Crippen molar-refractivity contribution in [2.24, 2.45) is 0 Å². The van der Waals surface area contributed by atoms with Crippen LogP contribution in [0.4, 0.5) is 5.95 Å². The molecule has 1 aliphatic heterocycles. The lowest BCUT2D eigenvalue weighted by Crippen LogP contribution is -2.21. The van der Waals surface area contributed by atoms with Gasteiger partial charge < -0.3 is 24.3 Å². The SMILES string of the molecule is COC(=O)c1nc2n(n1)C(c1ccc(OC)c(OC)c1OC)C=C(c1cccc(Br)c1)N2. The molecule has 1 atom stereocenters. The number of allylic oxidation sites excluding steroid dienone is 1. The molecular weight excluding hydrogens is 480 g/mol. The molecule has 1 N–H and O–H groups in total. The number of anilines is 1. The summed E-state index contributed by atoms with van der Waals surface area (Å²) >= 11 is 3.51. The van der Waals surface area contributed by atoms with Crippen molar-refractivity contribution in [1.29, 1.82) is 0 Å². The molecule has 0 aliphatic carbocycles. The Bertz CT molecular complexity index is 1210. The van der Waals surface area contributed by atoms with Gasteiger partial charge in [0.25, 0.3) is 5.82 Å². The molecule has 32 heavy (non-hydrogen) atoms. The molecule has 4 rings (SSSR count). The first kappa shape index (κ1) is 21.7. The van der Waals surface area contributed by atoms with Crippen molar-refractivity contribution in [2.75, 3.05) is 33.8 Å². The first-order valence-corrected chi connectivity index (χ1v) is 10.4. The van der Waals surface area contributed by atoms with Gasteiger partial charge >= 0.3 is 5.97 Å². The third kappa shape index (κ3) is 3.77. The quantitative estimate of drug-likeness (QED) is 0.508. The third-order valence-electron chi connectivity index (χ3n) is 5.02. The number of esters is 1. The van der Waals surface area contributed by atoms with Gasteiger partial charge in [-0.1, -0.05) is 28.1 Å². The van der Waals surface area contributed by atoms with Crippen LogP contribution in [0.3, 0.4) is 0 Å². The normalized spacial score (nSPS) is 14.7.